The lowest BCUT2D eigenvalue weighted by Gasteiger charge is -2.12. The highest BCUT2D eigenvalue weighted by molar-refractivity contribution is 5.75. The molecule has 3 rings (SSSR count). The van der Waals surface area contributed by atoms with Crippen LogP contribution >= 0.6 is 0 Å². The molecule has 0 saturated heterocycles. The first-order valence-electron chi connectivity index (χ1n) is 15.2. The average molecular weight is 529 g/mol. The lowest BCUT2D eigenvalue weighted by Crippen LogP contribution is -2.17. The van der Waals surface area contributed by atoms with Crippen LogP contribution in [0.3, 0.4) is 0 Å². The Morgan fingerprint density at radius 1 is 0.692 bits per heavy atom. The van der Waals surface area contributed by atoms with Crippen LogP contribution in [0.1, 0.15) is 104 Å². The molecule has 3 aromatic rings. The van der Waals surface area contributed by atoms with Gasteiger partial charge in [-0.1, -0.05) is 122 Å². The molecule has 0 aliphatic heterocycles. The highest BCUT2D eigenvalue weighted by Crippen LogP contribution is 2.24. The fourth-order valence-electron chi connectivity index (χ4n) is 4.79. The minimum atomic E-state index is -0.164. The molecule has 1 heterocycles. The normalized spacial score (nSPS) is 12.0. The Hall–Kier alpha value is -3.01. The van der Waals surface area contributed by atoms with Crippen LogP contribution in [-0.2, 0) is 11.2 Å². The van der Waals surface area contributed by atoms with Crippen LogP contribution in [0.5, 0.6) is 5.75 Å². The van der Waals surface area contributed by atoms with E-state index < -0.39 is 0 Å². The Morgan fingerprint density at radius 3 is 1.90 bits per heavy atom. The van der Waals surface area contributed by atoms with Crippen molar-refractivity contribution >= 4 is 5.97 Å². The minimum absolute atomic E-state index is 0.0939. The molecule has 4 nitrogen and oxygen atoms in total. The molecule has 0 N–H and O–H groups in total. The van der Waals surface area contributed by atoms with E-state index in [-0.39, 0.29) is 11.9 Å². The van der Waals surface area contributed by atoms with Gasteiger partial charge >= 0.3 is 5.97 Å². The summed E-state index contributed by atoms with van der Waals surface area (Å²) >= 11 is 0. The first-order chi connectivity index (χ1) is 19.0. The van der Waals surface area contributed by atoms with Gasteiger partial charge in [0.05, 0.1) is 5.92 Å². The van der Waals surface area contributed by atoms with Gasteiger partial charge in [-0.3, -0.25) is 4.79 Å². The predicted molar refractivity (Wildman–Crippen MR) is 163 cm³/mol. The van der Waals surface area contributed by atoms with Gasteiger partial charge in [0.15, 0.2) is 5.82 Å². The van der Waals surface area contributed by atoms with Gasteiger partial charge in [0.25, 0.3) is 0 Å². The second-order valence-electron chi connectivity index (χ2n) is 11.4. The average Bonchev–Trinajstić information content (AvgIpc) is 2.95. The number of carbonyl (C=O) groups is 1. The van der Waals surface area contributed by atoms with Gasteiger partial charge in [-0.25, -0.2) is 9.97 Å². The van der Waals surface area contributed by atoms with Crippen LogP contribution in [-0.4, -0.2) is 15.9 Å². The predicted octanol–water partition coefficient (Wildman–Crippen LogP) is 9.86. The maximum atomic E-state index is 12.4. The van der Waals surface area contributed by atoms with Crippen molar-refractivity contribution in [2.24, 2.45) is 11.8 Å². The summed E-state index contributed by atoms with van der Waals surface area (Å²) in [7, 11) is 0. The third-order valence-electron chi connectivity index (χ3n) is 7.41. The fourth-order valence-corrected chi connectivity index (χ4v) is 4.79. The number of nitrogens with zero attached hydrogens (tertiary/aromatic N) is 2. The van der Waals surface area contributed by atoms with E-state index >= 15 is 0 Å². The molecule has 2 aromatic carbocycles. The number of hydrogen-bond acceptors (Lipinski definition) is 4. The maximum absolute atomic E-state index is 12.4. The molecule has 210 valence electrons. The molecule has 1 aromatic heterocycles. The lowest BCUT2D eigenvalue weighted by molar-refractivity contribution is -0.138. The smallest absolute Gasteiger partial charge is 0.314 e. The molecule has 1 unspecified atom stereocenters. The third kappa shape index (κ3) is 10.9. The lowest BCUT2D eigenvalue weighted by atomic mass is 10.00. The highest BCUT2D eigenvalue weighted by atomic mass is 16.5. The van der Waals surface area contributed by atoms with Gasteiger partial charge in [-0.05, 0) is 48.4 Å². The molecule has 39 heavy (non-hydrogen) atoms. The van der Waals surface area contributed by atoms with Gasteiger partial charge in [0, 0.05) is 23.5 Å². The van der Waals surface area contributed by atoms with Crippen molar-refractivity contribution in [3.05, 3.63) is 66.5 Å². The Bertz CT molecular complexity index is 1090. The van der Waals surface area contributed by atoms with Crippen LogP contribution in [0.2, 0.25) is 0 Å². The van der Waals surface area contributed by atoms with Crippen molar-refractivity contribution in [3.8, 4) is 28.3 Å². The minimum Gasteiger partial charge on any atom is -0.426 e. The van der Waals surface area contributed by atoms with E-state index in [0.717, 1.165) is 48.2 Å². The Balaban J connectivity index is 1.45. The van der Waals surface area contributed by atoms with Crippen LogP contribution in [0.4, 0.5) is 0 Å². The molecule has 0 radical (unpaired) electrons. The van der Waals surface area contributed by atoms with E-state index in [1.54, 1.807) is 0 Å². The molecule has 0 saturated carbocycles. The maximum Gasteiger partial charge on any atom is 0.314 e. The molecule has 0 bridgehead atoms. The summed E-state index contributed by atoms with van der Waals surface area (Å²) < 4.78 is 5.60. The number of rotatable bonds is 17. The number of carbonyl (C=O) groups excluding carboxylic acids is 1. The van der Waals surface area contributed by atoms with Crippen molar-refractivity contribution < 1.29 is 9.53 Å². The first kappa shape index (κ1) is 30.5. The van der Waals surface area contributed by atoms with Crippen molar-refractivity contribution in [1.82, 2.24) is 9.97 Å². The van der Waals surface area contributed by atoms with Crippen molar-refractivity contribution in [2.75, 3.05) is 0 Å². The van der Waals surface area contributed by atoms with E-state index in [9.17, 15) is 4.79 Å². The molecule has 1 atom stereocenters. The van der Waals surface area contributed by atoms with Crippen molar-refractivity contribution in [1.29, 1.82) is 0 Å². The van der Waals surface area contributed by atoms with Crippen LogP contribution < -0.4 is 4.74 Å². The summed E-state index contributed by atoms with van der Waals surface area (Å²) in [5.74, 6) is 1.71. The molecular weight excluding hydrogens is 480 g/mol. The summed E-state index contributed by atoms with van der Waals surface area (Å²) in [5, 5.41) is 0. The summed E-state index contributed by atoms with van der Waals surface area (Å²) in [6, 6.07) is 16.2. The van der Waals surface area contributed by atoms with Gasteiger partial charge in [-0.15, -0.1) is 0 Å². The second-order valence-corrected chi connectivity index (χ2v) is 11.4. The number of esters is 1. The summed E-state index contributed by atoms with van der Waals surface area (Å²) in [6.07, 6.45) is 18.7. The topological polar surface area (TPSA) is 52.1 Å². The number of hydrogen-bond donors (Lipinski definition) is 0. The molecule has 0 aliphatic carbocycles. The van der Waals surface area contributed by atoms with E-state index in [1.807, 2.05) is 43.6 Å². The number of benzene rings is 2. The zero-order chi connectivity index (χ0) is 27.9. The molecular formula is C35H48N2O2. The van der Waals surface area contributed by atoms with E-state index in [1.165, 1.54) is 56.9 Å². The largest absolute Gasteiger partial charge is 0.426 e. The fraction of sp³-hybridized carbons (Fsp3) is 0.514. The molecule has 4 heteroatoms. The van der Waals surface area contributed by atoms with Crippen LogP contribution in [0.15, 0.2) is 60.9 Å². The van der Waals surface area contributed by atoms with Gasteiger partial charge in [0.1, 0.15) is 5.75 Å². The summed E-state index contributed by atoms with van der Waals surface area (Å²) in [4.78, 5) is 21.6. The summed E-state index contributed by atoms with van der Waals surface area (Å²) in [6.45, 7) is 8.63. The molecule has 0 fully saturated rings. The van der Waals surface area contributed by atoms with E-state index in [2.05, 4.69) is 55.0 Å². The number of aryl methyl sites for hydroxylation is 1. The third-order valence-corrected chi connectivity index (χ3v) is 7.41. The zero-order valence-corrected chi connectivity index (χ0v) is 24.6. The molecule has 0 aliphatic rings. The van der Waals surface area contributed by atoms with E-state index in [4.69, 9.17) is 4.74 Å². The Kier molecular flexibility index (Phi) is 13.2. The van der Waals surface area contributed by atoms with E-state index in [0.29, 0.717) is 11.7 Å². The number of ether oxygens (including phenoxy) is 1. The van der Waals surface area contributed by atoms with Crippen LogP contribution in [0, 0.1) is 11.8 Å². The zero-order valence-electron chi connectivity index (χ0n) is 24.6. The second kappa shape index (κ2) is 16.8. The SMILES string of the molecule is CCCCCCCCCCc1ccc(-c2ncc(-c3ccc(OC(=O)C(C)CCCC(C)C)cc3)cn2)cc1. The van der Waals surface area contributed by atoms with Crippen molar-refractivity contribution in [2.45, 2.75) is 105 Å². The monoisotopic (exact) mass is 528 g/mol. The highest BCUT2D eigenvalue weighted by Gasteiger charge is 2.15. The standard InChI is InChI=1S/C35H48N2O2/c1-5-6-7-8-9-10-11-12-16-29-17-19-31(20-18-29)34-36-25-32(26-37-34)30-21-23-33(24-22-30)39-35(38)28(4)15-13-14-27(2)3/h17-28H,5-16H2,1-4H3. The quantitative estimate of drug-likeness (QED) is 0.0993. The summed E-state index contributed by atoms with van der Waals surface area (Å²) in [5.41, 5.74) is 4.34. The van der Waals surface area contributed by atoms with Gasteiger partial charge in [0.2, 0.25) is 0 Å². The number of unbranched alkanes of at least 4 members (excludes halogenated alkanes) is 7. The molecule has 0 spiro atoms. The molecule has 0 amide bonds. The number of aromatic nitrogens is 2. The van der Waals surface area contributed by atoms with Gasteiger partial charge in [-0.2, -0.15) is 0 Å². The van der Waals surface area contributed by atoms with Crippen molar-refractivity contribution in [3.63, 3.8) is 0 Å². The van der Waals surface area contributed by atoms with Crippen LogP contribution in [0.25, 0.3) is 22.5 Å². The Morgan fingerprint density at radius 2 is 1.28 bits per heavy atom. The Labute approximate surface area is 236 Å². The van der Waals surface area contributed by atoms with Gasteiger partial charge < -0.3 is 4.74 Å². The first-order valence-corrected chi connectivity index (χ1v) is 15.2.